The lowest BCUT2D eigenvalue weighted by atomic mass is 9.87. The van der Waals surface area contributed by atoms with Crippen LogP contribution in [0.3, 0.4) is 0 Å². The lowest BCUT2D eigenvalue weighted by Gasteiger charge is -2.26. The second-order valence-corrected chi connectivity index (χ2v) is 7.13. The Morgan fingerprint density at radius 1 is 1.17 bits per heavy atom. The molecule has 24 heavy (non-hydrogen) atoms. The molecule has 0 spiro atoms. The lowest BCUT2D eigenvalue weighted by molar-refractivity contribution is -0.120. The average Bonchev–Trinajstić information content (AvgIpc) is 2.53. The number of ether oxygens (including phenoxy) is 1. The second-order valence-electron chi connectivity index (χ2n) is 7.13. The van der Waals surface area contributed by atoms with Gasteiger partial charge in [-0.1, -0.05) is 32.9 Å². The van der Waals surface area contributed by atoms with Gasteiger partial charge in [-0.3, -0.25) is 9.78 Å². The summed E-state index contributed by atoms with van der Waals surface area (Å²) in [5, 5.41) is 0. The number of hydrogen-bond donors (Lipinski definition) is 0. The quantitative estimate of drug-likeness (QED) is 0.827. The molecule has 0 unspecified atom stereocenters. The van der Waals surface area contributed by atoms with Gasteiger partial charge in [0.15, 0.2) is 6.61 Å². The maximum absolute atomic E-state index is 12.6. The third-order valence-electron chi connectivity index (χ3n) is 3.79. The van der Waals surface area contributed by atoms with Crippen molar-refractivity contribution in [1.29, 1.82) is 0 Å². The SMILES string of the molecule is CC(C)N(C(=O)COc1ccc(C(C)(C)C)cc1)c1cccnc1. The Balaban J connectivity index is 2.03. The van der Waals surface area contributed by atoms with Gasteiger partial charge in [-0.05, 0) is 49.1 Å². The summed E-state index contributed by atoms with van der Waals surface area (Å²) in [6, 6.07) is 11.7. The smallest absolute Gasteiger partial charge is 0.265 e. The van der Waals surface area contributed by atoms with Gasteiger partial charge in [-0.2, -0.15) is 0 Å². The average molecular weight is 326 g/mol. The number of benzene rings is 1. The molecule has 0 bridgehead atoms. The number of aromatic nitrogens is 1. The Labute approximate surface area is 144 Å². The number of carbonyl (C=O) groups is 1. The first kappa shape index (κ1) is 18.0. The van der Waals surface area contributed by atoms with Gasteiger partial charge < -0.3 is 9.64 Å². The molecular weight excluding hydrogens is 300 g/mol. The minimum absolute atomic E-state index is 0.00192. The van der Waals surface area contributed by atoms with Crippen LogP contribution in [0.15, 0.2) is 48.8 Å². The molecule has 2 aromatic rings. The number of nitrogens with zero attached hydrogens (tertiary/aromatic N) is 2. The van der Waals surface area contributed by atoms with Crippen molar-refractivity contribution in [3.05, 3.63) is 54.4 Å². The summed E-state index contributed by atoms with van der Waals surface area (Å²) in [7, 11) is 0. The predicted octanol–water partition coefficient (Wildman–Crippen LogP) is 4.20. The monoisotopic (exact) mass is 326 g/mol. The Hall–Kier alpha value is -2.36. The fourth-order valence-corrected chi connectivity index (χ4v) is 2.49. The van der Waals surface area contributed by atoms with Gasteiger partial charge in [0.25, 0.3) is 5.91 Å². The molecule has 0 aliphatic carbocycles. The first-order valence-corrected chi connectivity index (χ1v) is 8.24. The number of pyridine rings is 1. The molecular formula is C20H26N2O2. The van der Waals surface area contributed by atoms with Crippen LogP contribution in [0.1, 0.15) is 40.2 Å². The first-order valence-electron chi connectivity index (χ1n) is 8.24. The zero-order valence-electron chi connectivity index (χ0n) is 15.1. The van der Waals surface area contributed by atoms with Gasteiger partial charge in [-0.25, -0.2) is 0 Å². The molecule has 1 heterocycles. The van der Waals surface area contributed by atoms with Gasteiger partial charge in [-0.15, -0.1) is 0 Å². The zero-order valence-corrected chi connectivity index (χ0v) is 15.1. The van der Waals surface area contributed by atoms with Crippen molar-refractivity contribution in [3.63, 3.8) is 0 Å². The van der Waals surface area contributed by atoms with Gasteiger partial charge in [0, 0.05) is 12.2 Å². The summed E-state index contributed by atoms with van der Waals surface area (Å²) in [4.78, 5) is 18.3. The van der Waals surface area contributed by atoms with Crippen LogP contribution >= 0.6 is 0 Å². The minimum atomic E-state index is -0.0853. The Kier molecular flexibility index (Phi) is 5.60. The standard InChI is InChI=1S/C20H26N2O2/c1-15(2)22(17-7-6-12-21-13-17)19(23)14-24-18-10-8-16(9-11-18)20(3,4)5/h6-13,15H,14H2,1-5H3. The van der Waals surface area contributed by atoms with Gasteiger partial charge >= 0.3 is 0 Å². The molecule has 0 atom stereocenters. The molecule has 0 aliphatic heterocycles. The maximum atomic E-state index is 12.6. The second kappa shape index (κ2) is 7.47. The van der Waals surface area contributed by atoms with E-state index in [0.29, 0.717) is 5.75 Å². The molecule has 0 saturated heterocycles. The topological polar surface area (TPSA) is 42.4 Å². The zero-order chi connectivity index (χ0) is 17.7. The van der Waals surface area contributed by atoms with Crippen LogP contribution in [-0.2, 0) is 10.2 Å². The highest BCUT2D eigenvalue weighted by molar-refractivity contribution is 5.94. The summed E-state index contributed by atoms with van der Waals surface area (Å²) in [6.45, 7) is 10.5. The summed E-state index contributed by atoms with van der Waals surface area (Å²) >= 11 is 0. The Morgan fingerprint density at radius 3 is 2.33 bits per heavy atom. The number of carbonyl (C=O) groups excluding carboxylic acids is 1. The molecule has 0 aliphatic rings. The van der Waals surface area contributed by atoms with Crippen molar-refractivity contribution in [2.75, 3.05) is 11.5 Å². The van der Waals surface area contributed by atoms with Crippen molar-refractivity contribution < 1.29 is 9.53 Å². The largest absolute Gasteiger partial charge is 0.484 e. The maximum Gasteiger partial charge on any atom is 0.265 e. The van der Waals surface area contributed by atoms with E-state index in [-0.39, 0.29) is 24.0 Å². The molecule has 4 nitrogen and oxygen atoms in total. The Morgan fingerprint density at radius 2 is 1.83 bits per heavy atom. The van der Waals surface area contributed by atoms with E-state index in [1.165, 1.54) is 5.56 Å². The van der Waals surface area contributed by atoms with Gasteiger partial charge in [0.1, 0.15) is 5.75 Å². The van der Waals surface area contributed by atoms with Crippen LogP contribution < -0.4 is 9.64 Å². The van der Waals surface area contributed by atoms with E-state index < -0.39 is 0 Å². The van der Waals surface area contributed by atoms with Crippen molar-refractivity contribution in [3.8, 4) is 5.75 Å². The molecule has 1 aromatic heterocycles. The normalized spacial score (nSPS) is 11.4. The summed E-state index contributed by atoms with van der Waals surface area (Å²) in [5.74, 6) is 0.615. The lowest BCUT2D eigenvalue weighted by Crippen LogP contribution is -2.40. The number of rotatable bonds is 5. The van der Waals surface area contributed by atoms with Crippen LogP contribution in [0.25, 0.3) is 0 Å². The molecule has 1 aromatic carbocycles. The van der Waals surface area contributed by atoms with Crippen molar-refractivity contribution in [2.24, 2.45) is 0 Å². The number of hydrogen-bond acceptors (Lipinski definition) is 3. The van der Waals surface area contributed by atoms with Crippen LogP contribution in [0, 0.1) is 0 Å². The van der Waals surface area contributed by atoms with E-state index in [9.17, 15) is 4.79 Å². The molecule has 128 valence electrons. The van der Waals surface area contributed by atoms with Crippen molar-refractivity contribution in [1.82, 2.24) is 4.98 Å². The highest BCUT2D eigenvalue weighted by Gasteiger charge is 2.20. The van der Waals surface area contributed by atoms with Gasteiger partial charge in [0.05, 0.1) is 11.9 Å². The number of amides is 1. The molecule has 0 N–H and O–H groups in total. The molecule has 1 amide bonds. The van der Waals surface area contributed by atoms with Crippen molar-refractivity contribution >= 4 is 11.6 Å². The minimum Gasteiger partial charge on any atom is -0.484 e. The van der Waals surface area contributed by atoms with E-state index in [0.717, 1.165) is 5.69 Å². The van der Waals surface area contributed by atoms with Crippen molar-refractivity contribution in [2.45, 2.75) is 46.1 Å². The van der Waals surface area contributed by atoms with E-state index in [1.807, 2.05) is 50.2 Å². The third-order valence-corrected chi connectivity index (χ3v) is 3.79. The first-order chi connectivity index (χ1) is 11.3. The van der Waals surface area contributed by atoms with E-state index in [4.69, 9.17) is 4.74 Å². The van der Waals surface area contributed by atoms with Crippen LogP contribution in [0.4, 0.5) is 5.69 Å². The van der Waals surface area contributed by atoms with E-state index in [2.05, 4.69) is 25.8 Å². The summed E-state index contributed by atoms with van der Waals surface area (Å²) < 4.78 is 5.68. The third kappa shape index (κ3) is 4.57. The van der Waals surface area contributed by atoms with E-state index in [1.54, 1.807) is 17.3 Å². The van der Waals surface area contributed by atoms with Gasteiger partial charge in [0.2, 0.25) is 0 Å². The molecule has 2 rings (SSSR count). The molecule has 0 fully saturated rings. The fourth-order valence-electron chi connectivity index (χ4n) is 2.49. The van der Waals surface area contributed by atoms with Crippen LogP contribution in [0.2, 0.25) is 0 Å². The molecule has 0 radical (unpaired) electrons. The number of anilines is 1. The van der Waals surface area contributed by atoms with E-state index >= 15 is 0 Å². The van der Waals surface area contributed by atoms with Crippen LogP contribution in [0.5, 0.6) is 5.75 Å². The highest BCUT2D eigenvalue weighted by Crippen LogP contribution is 2.24. The predicted molar refractivity (Wildman–Crippen MR) is 97.5 cm³/mol. The Bertz CT molecular complexity index is 658. The molecule has 4 heteroatoms. The molecule has 0 saturated carbocycles. The summed E-state index contributed by atoms with van der Waals surface area (Å²) in [5.41, 5.74) is 2.12. The highest BCUT2D eigenvalue weighted by atomic mass is 16.5. The summed E-state index contributed by atoms with van der Waals surface area (Å²) in [6.07, 6.45) is 3.38. The van der Waals surface area contributed by atoms with Crippen LogP contribution in [-0.4, -0.2) is 23.5 Å². The fraction of sp³-hybridized carbons (Fsp3) is 0.400.